The molecule has 0 saturated carbocycles. The normalized spacial score (nSPS) is 20.4. The molecule has 2 atom stereocenters. The van der Waals surface area contributed by atoms with Crippen molar-refractivity contribution in [2.24, 2.45) is 0 Å². The SMILES string of the molecule is O=C(NCCn1cc(Br)cn1)N[C@@H]1CCO[C@H]1c1ccncc1. The van der Waals surface area contributed by atoms with E-state index in [1.807, 2.05) is 18.3 Å². The van der Waals surface area contributed by atoms with Crippen LogP contribution >= 0.6 is 15.9 Å². The fourth-order valence-corrected chi connectivity index (χ4v) is 2.91. The highest BCUT2D eigenvalue weighted by Gasteiger charge is 2.30. The van der Waals surface area contributed by atoms with Gasteiger partial charge in [0.15, 0.2) is 0 Å². The van der Waals surface area contributed by atoms with Gasteiger partial charge >= 0.3 is 6.03 Å². The van der Waals surface area contributed by atoms with Gasteiger partial charge in [-0.2, -0.15) is 5.10 Å². The minimum atomic E-state index is -0.189. The number of hydrogen-bond donors (Lipinski definition) is 2. The molecule has 1 aliphatic heterocycles. The molecule has 0 unspecified atom stereocenters. The number of ether oxygens (including phenoxy) is 1. The van der Waals surface area contributed by atoms with Crippen molar-refractivity contribution >= 4 is 22.0 Å². The first-order valence-electron chi connectivity index (χ1n) is 7.46. The Kier molecular flexibility index (Phi) is 5.24. The first kappa shape index (κ1) is 15.9. The topological polar surface area (TPSA) is 81.1 Å². The van der Waals surface area contributed by atoms with Gasteiger partial charge in [0.2, 0.25) is 0 Å². The van der Waals surface area contributed by atoms with Crippen molar-refractivity contribution in [3.8, 4) is 0 Å². The smallest absolute Gasteiger partial charge is 0.315 e. The number of pyridine rings is 1. The van der Waals surface area contributed by atoms with E-state index >= 15 is 0 Å². The van der Waals surface area contributed by atoms with Gasteiger partial charge in [-0.1, -0.05) is 0 Å². The van der Waals surface area contributed by atoms with E-state index in [0.717, 1.165) is 16.5 Å². The van der Waals surface area contributed by atoms with Crippen molar-refractivity contribution in [3.05, 3.63) is 47.0 Å². The zero-order valence-corrected chi connectivity index (χ0v) is 14.1. The van der Waals surface area contributed by atoms with Gasteiger partial charge < -0.3 is 15.4 Å². The van der Waals surface area contributed by atoms with Gasteiger partial charge in [0.05, 0.1) is 23.3 Å². The lowest BCUT2D eigenvalue weighted by Gasteiger charge is -2.20. The van der Waals surface area contributed by atoms with Crippen LogP contribution in [0.3, 0.4) is 0 Å². The van der Waals surface area contributed by atoms with Gasteiger partial charge in [0, 0.05) is 31.7 Å². The van der Waals surface area contributed by atoms with Crippen LogP contribution in [0.25, 0.3) is 0 Å². The Balaban J connectivity index is 1.47. The maximum Gasteiger partial charge on any atom is 0.315 e. The number of hydrogen-bond acceptors (Lipinski definition) is 4. The molecule has 2 aromatic rings. The molecule has 2 N–H and O–H groups in total. The summed E-state index contributed by atoms with van der Waals surface area (Å²) in [5.41, 5.74) is 1.03. The van der Waals surface area contributed by atoms with Crippen LogP contribution in [0.15, 0.2) is 41.4 Å². The first-order valence-corrected chi connectivity index (χ1v) is 8.25. The van der Waals surface area contributed by atoms with Crippen LogP contribution in [0.1, 0.15) is 18.1 Å². The Labute approximate surface area is 142 Å². The van der Waals surface area contributed by atoms with E-state index in [-0.39, 0.29) is 18.2 Å². The van der Waals surface area contributed by atoms with Gasteiger partial charge in [0.25, 0.3) is 0 Å². The standard InChI is InChI=1S/C15H18BrN5O2/c16-12-9-19-21(10-12)7-6-18-15(22)20-13-3-8-23-14(13)11-1-4-17-5-2-11/h1-2,4-5,9-10,13-14H,3,6-8H2,(H2,18,20,22)/t13-,14+/m1/s1. The van der Waals surface area contributed by atoms with E-state index in [2.05, 4.69) is 36.6 Å². The zero-order valence-electron chi connectivity index (χ0n) is 12.5. The number of carbonyl (C=O) groups excluding carboxylic acids is 1. The van der Waals surface area contributed by atoms with Crippen molar-refractivity contribution in [3.63, 3.8) is 0 Å². The molecule has 0 bridgehead atoms. The summed E-state index contributed by atoms with van der Waals surface area (Å²) < 4.78 is 8.43. The molecule has 122 valence electrons. The quantitative estimate of drug-likeness (QED) is 0.830. The number of carbonyl (C=O) groups is 1. The minimum Gasteiger partial charge on any atom is -0.371 e. The van der Waals surface area contributed by atoms with Crippen molar-refractivity contribution in [2.75, 3.05) is 13.2 Å². The predicted molar refractivity (Wildman–Crippen MR) is 87.8 cm³/mol. The maximum atomic E-state index is 12.0. The molecular weight excluding hydrogens is 362 g/mol. The lowest BCUT2D eigenvalue weighted by molar-refractivity contribution is 0.0998. The monoisotopic (exact) mass is 379 g/mol. The van der Waals surface area contributed by atoms with Gasteiger partial charge in [-0.3, -0.25) is 9.67 Å². The molecule has 0 aromatic carbocycles. The third-order valence-electron chi connectivity index (χ3n) is 3.67. The van der Waals surface area contributed by atoms with Gasteiger partial charge in [-0.15, -0.1) is 0 Å². The summed E-state index contributed by atoms with van der Waals surface area (Å²) in [7, 11) is 0. The number of rotatable bonds is 5. The lowest BCUT2D eigenvalue weighted by Crippen LogP contribution is -2.44. The molecule has 1 fully saturated rings. The summed E-state index contributed by atoms with van der Waals surface area (Å²) in [4.78, 5) is 16.0. The summed E-state index contributed by atoms with van der Waals surface area (Å²) in [5, 5.41) is 9.97. The van der Waals surface area contributed by atoms with Gasteiger partial charge in [-0.25, -0.2) is 4.79 Å². The van der Waals surface area contributed by atoms with E-state index in [1.54, 1.807) is 23.3 Å². The summed E-state index contributed by atoms with van der Waals surface area (Å²) in [6.45, 7) is 1.76. The number of aromatic nitrogens is 3. The molecule has 0 aliphatic carbocycles. The molecule has 1 saturated heterocycles. The fourth-order valence-electron chi connectivity index (χ4n) is 2.58. The molecule has 8 heteroatoms. The summed E-state index contributed by atoms with van der Waals surface area (Å²) in [6.07, 6.45) is 7.73. The first-order chi connectivity index (χ1) is 11.2. The van der Waals surface area contributed by atoms with E-state index < -0.39 is 0 Å². The average Bonchev–Trinajstić information content (AvgIpc) is 3.17. The van der Waals surface area contributed by atoms with Crippen molar-refractivity contribution in [1.82, 2.24) is 25.4 Å². The van der Waals surface area contributed by atoms with Crippen LogP contribution in [0.2, 0.25) is 0 Å². The third kappa shape index (κ3) is 4.29. The van der Waals surface area contributed by atoms with Crippen LogP contribution in [-0.4, -0.2) is 40.0 Å². The third-order valence-corrected chi connectivity index (χ3v) is 4.08. The average molecular weight is 380 g/mol. The second kappa shape index (κ2) is 7.56. The Hall–Kier alpha value is -1.93. The summed E-state index contributed by atoms with van der Waals surface area (Å²) in [5.74, 6) is 0. The lowest BCUT2D eigenvalue weighted by atomic mass is 10.0. The molecule has 3 heterocycles. The number of urea groups is 1. The zero-order chi connectivity index (χ0) is 16.1. The highest BCUT2D eigenvalue weighted by molar-refractivity contribution is 9.10. The summed E-state index contributed by atoms with van der Waals surface area (Å²) in [6, 6.07) is 3.61. The Morgan fingerprint density at radius 3 is 3.00 bits per heavy atom. The van der Waals surface area contributed by atoms with Crippen LogP contribution in [0.5, 0.6) is 0 Å². The number of amides is 2. The Morgan fingerprint density at radius 2 is 2.26 bits per heavy atom. The van der Waals surface area contributed by atoms with E-state index in [1.165, 1.54) is 0 Å². The van der Waals surface area contributed by atoms with Crippen LogP contribution in [0.4, 0.5) is 4.79 Å². The highest BCUT2D eigenvalue weighted by atomic mass is 79.9. The predicted octanol–water partition coefficient (Wildman–Crippen LogP) is 1.87. The van der Waals surface area contributed by atoms with E-state index in [9.17, 15) is 4.79 Å². The molecule has 0 spiro atoms. The second-order valence-electron chi connectivity index (χ2n) is 5.29. The molecule has 3 rings (SSSR count). The number of nitrogens with one attached hydrogen (secondary N) is 2. The Morgan fingerprint density at radius 1 is 1.43 bits per heavy atom. The molecule has 2 aromatic heterocycles. The number of nitrogens with zero attached hydrogens (tertiary/aromatic N) is 3. The Bertz CT molecular complexity index is 648. The van der Waals surface area contributed by atoms with Gasteiger partial charge in [0.1, 0.15) is 6.10 Å². The molecule has 23 heavy (non-hydrogen) atoms. The van der Waals surface area contributed by atoms with Crippen molar-refractivity contribution in [1.29, 1.82) is 0 Å². The fraction of sp³-hybridized carbons (Fsp3) is 0.400. The number of halogens is 1. The molecule has 2 amide bonds. The van der Waals surface area contributed by atoms with Crippen LogP contribution in [0, 0.1) is 0 Å². The summed E-state index contributed by atoms with van der Waals surface area (Å²) >= 11 is 3.34. The van der Waals surface area contributed by atoms with Crippen molar-refractivity contribution < 1.29 is 9.53 Å². The molecule has 1 aliphatic rings. The van der Waals surface area contributed by atoms with E-state index in [0.29, 0.717) is 19.7 Å². The van der Waals surface area contributed by atoms with Gasteiger partial charge in [-0.05, 0) is 40.0 Å². The van der Waals surface area contributed by atoms with Crippen LogP contribution in [-0.2, 0) is 11.3 Å². The highest BCUT2D eigenvalue weighted by Crippen LogP contribution is 2.28. The van der Waals surface area contributed by atoms with E-state index in [4.69, 9.17) is 4.74 Å². The molecular formula is C15H18BrN5O2. The largest absolute Gasteiger partial charge is 0.371 e. The maximum absolute atomic E-state index is 12.0. The molecule has 7 nitrogen and oxygen atoms in total. The molecule has 0 radical (unpaired) electrons. The van der Waals surface area contributed by atoms with Crippen LogP contribution < -0.4 is 10.6 Å². The minimum absolute atomic E-state index is 0.0313. The van der Waals surface area contributed by atoms with Crippen molar-refractivity contribution in [2.45, 2.75) is 25.1 Å². The second-order valence-corrected chi connectivity index (χ2v) is 6.20.